The van der Waals surface area contributed by atoms with Crippen LogP contribution in [0.3, 0.4) is 0 Å². The molecule has 21 heavy (non-hydrogen) atoms. The molecule has 3 atom stereocenters. The van der Waals surface area contributed by atoms with E-state index in [9.17, 15) is 13.2 Å². The van der Waals surface area contributed by atoms with Gasteiger partial charge >= 0.3 is 6.18 Å². The van der Waals surface area contributed by atoms with E-state index in [0.717, 1.165) is 51.5 Å². The molecule has 0 saturated heterocycles. The van der Waals surface area contributed by atoms with Gasteiger partial charge in [0.2, 0.25) is 0 Å². The van der Waals surface area contributed by atoms with Gasteiger partial charge in [0, 0.05) is 6.04 Å². The van der Waals surface area contributed by atoms with Crippen LogP contribution in [0.5, 0.6) is 0 Å². The van der Waals surface area contributed by atoms with Crippen LogP contribution in [0.25, 0.3) is 0 Å². The van der Waals surface area contributed by atoms with Gasteiger partial charge in [0.25, 0.3) is 0 Å². The Morgan fingerprint density at radius 2 is 1.67 bits per heavy atom. The zero-order chi connectivity index (χ0) is 15.9. The second-order valence-corrected chi connectivity index (χ2v) is 6.58. The first kappa shape index (κ1) is 18.8. The molecule has 1 aliphatic rings. The highest BCUT2D eigenvalue weighted by Gasteiger charge is 2.47. The Morgan fingerprint density at radius 1 is 1.05 bits per heavy atom. The van der Waals surface area contributed by atoms with Crippen molar-refractivity contribution < 1.29 is 13.2 Å². The minimum absolute atomic E-state index is 0.0294. The summed E-state index contributed by atoms with van der Waals surface area (Å²) >= 11 is 0. The Morgan fingerprint density at radius 3 is 2.19 bits per heavy atom. The lowest BCUT2D eigenvalue weighted by Gasteiger charge is -2.39. The highest BCUT2D eigenvalue weighted by Crippen LogP contribution is 2.44. The van der Waals surface area contributed by atoms with Gasteiger partial charge in [0.1, 0.15) is 0 Å². The van der Waals surface area contributed by atoms with E-state index in [-0.39, 0.29) is 12.0 Å². The third-order valence-electron chi connectivity index (χ3n) is 5.16. The number of rotatable bonds is 8. The fraction of sp³-hybridized carbons (Fsp3) is 1.00. The van der Waals surface area contributed by atoms with Crippen molar-refractivity contribution in [2.24, 2.45) is 17.8 Å². The van der Waals surface area contributed by atoms with Gasteiger partial charge in [0.05, 0.1) is 5.92 Å². The predicted molar refractivity (Wildman–Crippen MR) is 82.3 cm³/mol. The molecule has 1 aliphatic carbocycles. The summed E-state index contributed by atoms with van der Waals surface area (Å²) in [7, 11) is 0. The van der Waals surface area contributed by atoms with Crippen molar-refractivity contribution in [3.05, 3.63) is 0 Å². The van der Waals surface area contributed by atoms with E-state index in [4.69, 9.17) is 0 Å². The summed E-state index contributed by atoms with van der Waals surface area (Å²) in [6, 6.07) is 0.0294. The number of hydrogen-bond donors (Lipinski definition) is 1. The summed E-state index contributed by atoms with van der Waals surface area (Å²) in [5, 5.41) is 3.44. The Bertz CT molecular complexity index is 274. The van der Waals surface area contributed by atoms with E-state index in [1.165, 1.54) is 0 Å². The summed E-state index contributed by atoms with van der Waals surface area (Å²) in [4.78, 5) is 0. The molecule has 0 aromatic heterocycles. The zero-order valence-electron chi connectivity index (χ0n) is 13.8. The first-order valence-corrected chi connectivity index (χ1v) is 8.74. The van der Waals surface area contributed by atoms with Crippen LogP contribution in [0.2, 0.25) is 0 Å². The smallest absolute Gasteiger partial charge is 0.314 e. The third-order valence-corrected chi connectivity index (χ3v) is 5.16. The zero-order valence-corrected chi connectivity index (χ0v) is 13.8. The van der Waals surface area contributed by atoms with Crippen LogP contribution in [0.1, 0.15) is 72.1 Å². The molecule has 1 rings (SSSR count). The number of nitrogens with one attached hydrogen (secondary N) is 1. The molecule has 0 heterocycles. The Balaban J connectivity index is 2.82. The van der Waals surface area contributed by atoms with Gasteiger partial charge in [-0.2, -0.15) is 13.2 Å². The first-order chi connectivity index (χ1) is 9.93. The number of hydrogen-bond acceptors (Lipinski definition) is 1. The number of halogens is 3. The predicted octanol–water partition coefficient (Wildman–Crippen LogP) is 5.55. The molecule has 1 saturated carbocycles. The van der Waals surface area contributed by atoms with Crippen LogP contribution in [0, 0.1) is 17.8 Å². The van der Waals surface area contributed by atoms with E-state index in [1.54, 1.807) is 0 Å². The molecule has 0 amide bonds. The summed E-state index contributed by atoms with van der Waals surface area (Å²) in [5.74, 6) is -0.795. The average Bonchev–Trinajstić information content (AvgIpc) is 2.47. The lowest BCUT2D eigenvalue weighted by atomic mass is 9.72. The van der Waals surface area contributed by atoms with Crippen molar-refractivity contribution in [2.45, 2.75) is 84.4 Å². The Hall–Kier alpha value is -0.250. The maximum Gasteiger partial charge on any atom is 0.392 e. The molecule has 4 heteroatoms. The topological polar surface area (TPSA) is 12.0 Å². The van der Waals surface area contributed by atoms with E-state index < -0.39 is 12.1 Å². The maximum absolute atomic E-state index is 13.3. The van der Waals surface area contributed by atoms with Crippen molar-refractivity contribution in [3.63, 3.8) is 0 Å². The van der Waals surface area contributed by atoms with Gasteiger partial charge in [0.15, 0.2) is 0 Å². The maximum atomic E-state index is 13.3. The average molecular weight is 307 g/mol. The van der Waals surface area contributed by atoms with E-state index in [1.807, 2.05) is 0 Å². The third kappa shape index (κ3) is 5.80. The lowest BCUT2D eigenvalue weighted by Crippen LogP contribution is -2.46. The monoisotopic (exact) mass is 307 g/mol. The molecule has 0 spiro atoms. The summed E-state index contributed by atoms with van der Waals surface area (Å²) in [5.41, 5.74) is 0. The van der Waals surface area contributed by atoms with Crippen molar-refractivity contribution in [1.29, 1.82) is 0 Å². The van der Waals surface area contributed by atoms with Gasteiger partial charge < -0.3 is 5.32 Å². The quantitative estimate of drug-likeness (QED) is 0.620. The van der Waals surface area contributed by atoms with Crippen LogP contribution in [-0.4, -0.2) is 18.8 Å². The fourth-order valence-corrected chi connectivity index (χ4v) is 3.77. The van der Waals surface area contributed by atoms with E-state index in [0.29, 0.717) is 12.3 Å². The summed E-state index contributed by atoms with van der Waals surface area (Å²) in [6.07, 6.45) is 2.68. The van der Waals surface area contributed by atoms with Crippen LogP contribution in [-0.2, 0) is 0 Å². The van der Waals surface area contributed by atoms with Gasteiger partial charge in [-0.1, -0.05) is 46.5 Å². The molecular weight excluding hydrogens is 275 g/mol. The van der Waals surface area contributed by atoms with Gasteiger partial charge in [-0.25, -0.2) is 0 Å². The van der Waals surface area contributed by atoms with E-state index >= 15 is 0 Å². The van der Waals surface area contributed by atoms with E-state index in [2.05, 4.69) is 26.1 Å². The minimum Gasteiger partial charge on any atom is -0.314 e. The molecule has 3 unspecified atom stereocenters. The molecule has 1 nitrogen and oxygen atoms in total. The Labute approximate surface area is 128 Å². The highest BCUT2D eigenvalue weighted by molar-refractivity contribution is 4.89. The molecule has 0 radical (unpaired) electrons. The van der Waals surface area contributed by atoms with Crippen LogP contribution < -0.4 is 5.32 Å². The van der Waals surface area contributed by atoms with Crippen LogP contribution in [0.15, 0.2) is 0 Å². The molecule has 1 N–H and O–H groups in total. The second-order valence-electron chi connectivity index (χ2n) is 6.58. The number of alkyl halides is 3. The minimum atomic E-state index is -4.04. The van der Waals surface area contributed by atoms with Crippen molar-refractivity contribution in [1.82, 2.24) is 5.32 Å². The van der Waals surface area contributed by atoms with Crippen molar-refractivity contribution in [3.8, 4) is 0 Å². The molecule has 0 bridgehead atoms. The van der Waals surface area contributed by atoms with Gasteiger partial charge in [-0.15, -0.1) is 0 Å². The van der Waals surface area contributed by atoms with Gasteiger partial charge in [-0.05, 0) is 44.1 Å². The standard InChI is InChI=1S/C17H32F3N/c1-4-11-21-16(12-13(5-2)6-3)14-9-7-8-10-15(14)17(18,19)20/h13-16,21H,4-12H2,1-3H3. The molecular formula is C17H32F3N. The van der Waals surface area contributed by atoms with Crippen LogP contribution >= 0.6 is 0 Å². The fourth-order valence-electron chi connectivity index (χ4n) is 3.77. The van der Waals surface area contributed by atoms with Gasteiger partial charge in [-0.3, -0.25) is 0 Å². The normalized spacial score (nSPS) is 25.3. The second kappa shape index (κ2) is 9.02. The summed E-state index contributed by atoms with van der Waals surface area (Å²) in [6.45, 7) is 7.19. The molecule has 1 fully saturated rings. The lowest BCUT2D eigenvalue weighted by molar-refractivity contribution is -0.199. The summed E-state index contributed by atoms with van der Waals surface area (Å²) < 4.78 is 40.0. The largest absolute Gasteiger partial charge is 0.392 e. The Kier molecular flexibility index (Phi) is 8.07. The van der Waals surface area contributed by atoms with Crippen LogP contribution in [0.4, 0.5) is 13.2 Å². The first-order valence-electron chi connectivity index (χ1n) is 8.74. The molecule has 0 aliphatic heterocycles. The molecule has 126 valence electrons. The molecule has 0 aromatic rings. The van der Waals surface area contributed by atoms with Crippen molar-refractivity contribution in [2.75, 3.05) is 6.54 Å². The van der Waals surface area contributed by atoms with Crippen molar-refractivity contribution >= 4 is 0 Å². The highest BCUT2D eigenvalue weighted by atomic mass is 19.4. The SMILES string of the molecule is CCCNC(CC(CC)CC)C1CCCCC1C(F)(F)F. The molecule has 0 aromatic carbocycles.